The molecule has 3 unspecified atom stereocenters. The van der Waals surface area contributed by atoms with Gasteiger partial charge in [0.1, 0.15) is 5.75 Å². The molecule has 3 atom stereocenters. The van der Waals surface area contributed by atoms with E-state index in [1.54, 1.807) is 7.11 Å². The number of nitrogens with zero attached hydrogens (tertiary/aromatic N) is 1. The minimum Gasteiger partial charge on any atom is -0.496 e. The van der Waals surface area contributed by atoms with Crippen molar-refractivity contribution < 1.29 is 9.53 Å². The first-order chi connectivity index (χ1) is 14.7. The molecule has 0 aliphatic carbocycles. The first-order valence-corrected chi connectivity index (χ1v) is 10.2. The first-order valence-electron chi connectivity index (χ1n) is 10.2. The maximum absolute atomic E-state index is 12.8. The van der Waals surface area contributed by atoms with Gasteiger partial charge in [-0.2, -0.15) is 0 Å². The molecule has 30 heavy (non-hydrogen) atoms. The summed E-state index contributed by atoms with van der Waals surface area (Å²) < 4.78 is 5.52. The number of carbonyl (C=O) groups excluding carboxylic acids is 1. The summed E-state index contributed by atoms with van der Waals surface area (Å²) in [5, 5.41) is 5.10. The molecule has 3 aromatic rings. The molecule has 3 aromatic carbocycles. The number of hydrogen-bond acceptors (Lipinski definition) is 4. The number of hydrazine groups is 1. The summed E-state index contributed by atoms with van der Waals surface area (Å²) in [6, 6.07) is 27.9. The smallest absolute Gasteiger partial charge is 0.237 e. The number of carbonyl (C=O) groups is 1. The van der Waals surface area contributed by atoms with Crippen molar-refractivity contribution in [1.82, 2.24) is 10.3 Å². The van der Waals surface area contributed by atoms with Crippen molar-refractivity contribution in [2.45, 2.75) is 31.0 Å². The number of benzene rings is 3. The molecule has 1 saturated heterocycles. The van der Waals surface area contributed by atoms with Crippen molar-refractivity contribution in [3.63, 3.8) is 0 Å². The Bertz CT molecular complexity index is 978. The van der Waals surface area contributed by atoms with Crippen LogP contribution in [-0.4, -0.2) is 24.1 Å². The largest absolute Gasteiger partial charge is 0.496 e. The van der Waals surface area contributed by atoms with Gasteiger partial charge in [-0.1, -0.05) is 78.9 Å². The molecule has 1 aliphatic rings. The lowest BCUT2D eigenvalue weighted by Gasteiger charge is -2.44. The Morgan fingerprint density at radius 2 is 1.53 bits per heavy atom. The fraction of sp³-hybridized carbons (Fsp3) is 0.240. The molecule has 4 rings (SSSR count). The Morgan fingerprint density at radius 3 is 2.20 bits per heavy atom. The average molecular weight is 402 g/mol. The van der Waals surface area contributed by atoms with Gasteiger partial charge >= 0.3 is 0 Å². The van der Waals surface area contributed by atoms with Crippen LogP contribution in [0.1, 0.15) is 35.1 Å². The zero-order valence-electron chi connectivity index (χ0n) is 17.1. The van der Waals surface area contributed by atoms with Crippen LogP contribution < -0.4 is 15.9 Å². The van der Waals surface area contributed by atoms with Crippen molar-refractivity contribution in [3.8, 4) is 5.75 Å². The number of nitrogens with two attached hydrogens (primary N) is 1. The van der Waals surface area contributed by atoms with Crippen LogP contribution in [0, 0.1) is 0 Å². The molecule has 1 amide bonds. The Labute approximate surface area is 177 Å². The van der Waals surface area contributed by atoms with Crippen molar-refractivity contribution in [2.24, 2.45) is 5.84 Å². The predicted molar refractivity (Wildman–Crippen MR) is 118 cm³/mol. The zero-order chi connectivity index (χ0) is 20.9. The highest BCUT2D eigenvalue weighted by Gasteiger charge is 2.42. The normalized spacial score (nSPS) is 21.5. The Kier molecular flexibility index (Phi) is 6.12. The lowest BCUT2D eigenvalue weighted by atomic mass is 9.78. The summed E-state index contributed by atoms with van der Waals surface area (Å²) in [6.45, 7) is 0.614. The summed E-state index contributed by atoms with van der Waals surface area (Å²) >= 11 is 0. The Balaban J connectivity index is 1.71. The molecule has 154 valence electrons. The fourth-order valence-corrected chi connectivity index (χ4v) is 4.34. The number of ether oxygens (including phenoxy) is 1. The van der Waals surface area contributed by atoms with E-state index in [4.69, 9.17) is 10.6 Å². The third kappa shape index (κ3) is 4.08. The van der Waals surface area contributed by atoms with Crippen LogP contribution in [0.4, 0.5) is 0 Å². The molecule has 0 saturated carbocycles. The van der Waals surface area contributed by atoms with Gasteiger partial charge in [0, 0.05) is 30.5 Å². The van der Waals surface area contributed by atoms with Gasteiger partial charge in [-0.3, -0.25) is 9.80 Å². The van der Waals surface area contributed by atoms with Gasteiger partial charge in [0.15, 0.2) is 0 Å². The molecule has 1 aliphatic heterocycles. The molecule has 0 aromatic heterocycles. The molecule has 3 N–H and O–H groups in total. The summed E-state index contributed by atoms with van der Waals surface area (Å²) in [7, 11) is 1.68. The number of para-hydroxylation sites is 1. The van der Waals surface area contributed by atoms with E-state index in [1.165, 1.54) is 5.01 Å². The fourth-order valence-electron chi connectivity index (χ4n) is 4.34. The predicted octanol–water partition coefficient (Wildman–Crippen LogP) is 3.78. The number of rotatable bonds is 6. The Morgan fingerprint density at radius 1 is 0.933 bits per heavy atom. The summed E-state index contributed by atoms with van der Waals surface area (Å²) in [5.41, 5.74) is 3.23. The van der Waals surface area contributed by atoms with Gasteiger partial charge in [-0.15, -0.1) is 0 Å². The standard InChI is InChI=1S/C25H27N3O2/c1-30-22-15-9-8-14-20(22)17-27-24-21(18-10-4-2-5-11-18)16-23(29)28(26)25(24)19-12-6-3-7-13-19/h2-15,21,24-25,27H,16-17,26H2,1H3. The van der Waals surface area contributed by atoms with Gasteiger partial charge in [0.05, 0.1) is 13.2 Å². The number of piperidine rings is 1. The third-order valence-corrected chi connectivity index (χ3v) is 5.85. The minimum absolute atomic E-state index is 0.0124. The lowest BCUT2D eigenvalue weighted by molar-refractivity contribution is -0.139. The van der Waals surface area contributed by atoms with E-state index in [0.717, 1.165) is 22.4 Å². The van der Waals surface area contributed by atoms with Crippen LogP contribution in [0.25, 0.3) is 0 Å². The summed E-state index contributed by atoms with van der Waals surface area (Å²) in [6.07, 6.45) is 0.368. The summed E-state index contributed by atoms with van der Waals surface area (Å²) in [4.78, 5) is 12.8. The van der Waals surface area contributed by atoms with Gasteiger partial charge in [0.2, 0.25) is 5.91 Å². The second-order valence-corrected chi connectivity index (χ2v) is 7.60. The maximum atomic E-state index is 12.8. The zero-order valence-corrected chi connectivity index (χ0v) is 17.1. The van der Waals surface area contributed by atoms with Crippen molar-refractivity contribution in [3.05, 3.63) is 102 Å². The van der Waals surface area contributed by atoms with Gasteiger partial charge in [-0.05, 0) is 17.2 Å². The quantitative estimate of drug-likeness (QED) is 0.487. The average Bonchev–Trinajstić information content (AvgIpc) is 2.81. The number of hydrogen-bond donors (Lipinski definition) is 2. The van der Waals surface area contributed by atoms with E-state index in [0.29, 0.717) is 13.0 Å². The van der Waals surface area contributed by atoms with E-state index in [9.17, 15) is 4.79 Å². The molecular formula is C25H27N3O2. The molecule has 1 heterocycles. The molecule has 5 nitrogen and oxygen atoms in total. The topological polar surface area (TPSA) is 67.6 Å². The molecular weight excluding hydrogens is 374 g/mol. The van der Waals surface area contributed by atoms with Gasteiger partial charge in [0.25, 0.3) is 0 Å². The molecule has 1 fully saturated rings. The van der Waals surface area contributed by atoms with E-state index in [2.05, 4.69) is 23.5 Å². The monoisotopic (exact) mass is 401 g/mol. The summed E-state index contributed by atoms with van der Waals surface area (Å²) in [5.74, 6) is 7.14. The van der Waals surface area contributed by atoms with Crippen LogP contribution in [0.2, 0.25) is 0 Å². The van der Waals surface area contributed by atoms with E-state index >= 15 is 0 Å². The van der Waals surface area contributed by atoms with Gasteiger partial charge < -0.3 is 10.1 Å². The minimum atomic E-state index is -0.271. The highest BCUT2D eigenvalue weighted by Crippen LogP contribution is 2.39. The molecule has 5 heteroatoms. The lowest BCUT2D eigenvalue weighted by Crippen LogP contribution is -2.56. The Hall–Kier alpha value is -3.15. The van der Waals surface area contributed by atoms with Crippen molar-refractivity contribution >= 4 is 5.91 Å². The van der Waals surface area contributed by atoms with Crippen LogP contribution >= 0.6 is 0 Å². The highest BCUT2D eigenvalue weighted by atomic mass is 16.5. The molecule has 0 spiro atoms. The van der Waals surface area contributed by atoms with E-state index in [1.807, 2.05) is 66.7 Å². The number of nitrogens with one attached hydrogen (secondary N) is 1. The molecule has 0 bridgehead atoms. The van der Waals surface area contributed by atoms with Crippen LogP contribution in [0.15, 0.2) is 84.9 Å². The molecule has 0 radical (unpaired) electrons. The van der Waals surface area contributed by atoms with Crippen LogP contribution in [-0.2, 0) is 11.3 Å². The third-order valence-electron chi connectivity index (χ3n) is 5.85. The van der Waals surface area contributed by atoms with Crippen LogP contribution in [0.3, 0.4) is 0 Å². The number of amides is 1. The van der Waals surface area contributed by atoms with Crippen LogP contribution in [0.5, 0.6) is 5.75 Å². The van der Waals surface area contributed by atoms with E-state index < -0.39 is 0 Å². The van der Waals surface area contributed by atoms with E-state index in [-0.39, 0.29) is 23.9 Å². The van der Waals surface area contributed by atoms with Crippen molar-refractivity contribution in [2.75, 3.05) is 7.11 Å². The second kappa shape index (κ2) is 9.11. The SMILES string of the molecule is COc1ccccc1CNC1C(c2ccccc2)CC(=O)N(N)C1c1ccccc1. The number of methoxy groups -OCH3 is 1. The highest BCUT2D eigenvalue weighted by molar-refractivity contribution is 5.78. The first kappa shape index (κ1) is 20.1. The second-order valence-electron chi connectivity index (χ2n) is 7.60. The van der Waals surface area contributed by atoms with Gasteiger partial charge in [-0.25, -0.2) is 5.84 Å². The maximum Gasteiger partial charge on any atom is 0.237 e. The van der Waals surface area contributed by atoms with Crippen molar-refractivity contribution in [1.29, 1.82) is 0 Å².